The van der Waals surface area contributed by atoms with Crippen molar-refractivity contribution in [3.63, 3.8) is 0 Å². The number of rotatable bonds is 4. The van der Waals surface area contributed by atoms with Crippen molar-refractivity contribution in [3.05, 3.63) is 65.2 Å². The van der Waals surface area contributed by atoms with E-state index in [0.717, 1.165) is 38.0 Å². The third-order valence-electron chi connectivity index (χ3n) is 4.54. The van der Waals surface area contributed by atoms with Crippen LogP contribution in [-0.2, 0) is 6.54 Å². The van der Waals surface area contributed by atoms with Gasteiger partial charge in [0, 0.05) is 24.7 Å². The third kappa shape index (κ3) is 4.15. The van der Waals surface area contributed by atoms with E-state index in [0.29, 0.717) is 5.56 Å². The number of carbonyl (C=O) groups is 1. The molecule has 0 spiro atoms. The van der Waals surface area contributed by atoms with Gasteiger partial charge in [0.1, 0.15) is 5.75 Å². The SMILES string of the molecule is Cc1cc(O)ccc1C(=O)N[C@@H]1CCCN(Cc2ccccc2)C1. The standard InChI is InChI=1S/C20H24N2O2/c1-15-12-18(23)9-10-19(15)20(24)21-17-8-5-11-22(14-17)13-16-6-3-2-4-7-16/h2-4,6-7,9-10,12,17,23H,5,8,11,13-14H2,1H3,(H,21,24)/t17-/m1/s1. The van der Waals surface area contributed by atoms with Crippen molar-refractivity contribution >= 4 is 5.91 Å². The molecule has 0 aromatic heterocycles. The van der Waals surface area contributed by atoms with Gasteiger partial charge in [-0.25, -0.2) is 0 Å². The van der Waals surface area contributed by atoms with Crippen LogP contribution in [0.3, 0.4) is 0 Å². The maximum absolute atomic E-state index is 12.5. The van der Waals surface area contributed by atoms with Crippen LogP contribution in [0.2, 0.25) is 0 Å². The average molecular weight is 324 g/mol. The van der Waals surface area contributed by atoms with E-state index >= 15 is 0 Å². The number of hydrogen-bond acceptors (Lipinski definition) is 3. The maximum atomic E-state index is 12.5. The number of benzene rings is 2. The van der Waals surface area contributed by atoms with Crippen molar-refractivity contribution in [1.82, 2.24) is 10.2 Å². The van der Waals surface area contributed by atoms with Gasteiger partial charge in [-0.3, -0.25) is 9.69 Å². The molecule has 0 bridgehead atoms. The first-order valence-corrected chi connectivity index (χ1v) is 8.48. The van der Waals surface area contributed by atoms with Gasteiger partial charge >= 0.3 is 0 Å². The maximum Gasteiger partial charge on any atom is 0.251 e. The summed E-state index contributed by atoms with van der Waals surface area (Å²) in [5.74, 6) is 0.134. The highest BCUT2D eigenvalue weighted by Gasteiger charge is 2.22. The van der Waals surface area contributed by atoms with Crippen LogP contribution in [0, 0.1) is 6.92 Å². The number of amides is 1. The number of hydrogen-bond donors (Lipinski definition) is 2. The summed E-state index contributed by atoms with van der Waals surface area (Å²) in [4.78, 5) is 14.9. The summed E-state index contributed by atoms with van der Waals surface area (Å²) >= 11 is 0. The van der Waals surface area contributed by atoms with Crippen molar-refractivity contribution in [2.45, 2.75) is 32.4 Å². The molecule has 1 atom stereocenters. The van der Waals surface area contributed by atoms with E-state index in [-0.39, 0.29) is 17.7 Å². The van der Waals surface area contributed by atoms with Crippen LogP contribution < -0.4 is 5.32 Å². The van der Waals surface area contributed by atoms with Gasteiger partial charge in [0.05, 0.1) is 0 Å². The Hall–Kier alpha value is -2.33. The van der Waals surface area contributed by atoms with Crippen LogP contribution in [0.15, 0.2) is 48.5 Å². The minimum atomic E-state index is -0.0564. The first-order chi connectivity index (χ1) is 11.6. The number of nitrogens with zero attached hydrogens (tertiary/aromatic N) is 1. The fraction of sp³-hybridized carbons (Fsp3) is 0.350. The van der Waals surface area contributed by atoms with Crippen LogP contribution >= 0.6 is 0 Å². The highest BCUT2D eigenvalue weighted by Crippen LogP contribution is 2.17. The monoisotopic (exact) mass is 324 g/mol. The molecule has 1 saturated heterocycles. The molecule has 2 aromatic carbocycles. The normalized spacial score (nSPS) is 18.3. The molecule has 0 saturated carbocycles. The van der Waals surface area contributed by atoms with Crippen LogP contribution in [0.25, 0.3) is 0 Å². The van der Waals surface area contributed by atoms with Gasteiger partial charge in [0.15, 0.2) is 0 Å². The Morgan fingerprint density at radius 3 is 2.79 bits per heavy atom. The molecule has 0 aliphatic carbocycles. The lowest BCUT2D eigenvalue weighted by atomic mass is 10.0. The number of phenolic OH excluding ortho intramolecular Hbond substituents is 1. The van der Waals surface area contributed by atoms with Gasteiger partial charge in [-0.2, -0.15) is 0 Å². The number of piperidine rings is 1. The zero-order valence-electron chi connectivity index (χ0n) is 14.0. The predicted octanol–water partition coefficient (Wildman–Crippen LogP) is 3.10. The summed E-state index contributed by atoms with van der Waals surface area (Å²) in [6.45, 7) is 4.71. The van der Waals surface area contributed by atoms with Crippen molar-refractivity contribution in [1.29, 1.82) is 0 Å². The molecule has 1 heterocycles. The summed E-state index contributed by atoms with van der Waals surface area (Å²) < 4.78 is 0. The lowest BCUT2D eigenvalue weighted by molar-refractivity contribution is 0.0900. The molecule has 4 nitrogen and oxygen atoms in total. The fourth-order valence-electron chi connectivity index (χ4n) is 3.32. The van der Waals surface area contributed by atoms with Crippen LogP contribution in [0.5, 0.6) is 5.75 Å². The molecule has 4 heteroatoms. The number of aryl methyl sites for hydroxylation is 1. The van der Waals surface area contributed by atoms with Crippen molar-refractivity contribution < 1.29 is 9.90 Å². The zero-order valence-corrected chi connectivity index (χ0v) is 14.0. The molecular weight excluding hydrogens is 300 g/mol. The third-order valence-corrected chi connectivity index (χ3v) is 4.54. The Morgan fingerprint density at radius 2 is 2.04 bits per heavy atom. The van der Waals surface area contributed by atoms with Gasteiger partial charge in [0.25, 0.3) is 5.91 Å². The number of nitrogens with one attached hydrogen (secondary N) is 1. The number of carbonyl (C=O) groups excluding carboxylic acids is 1. The molecule has 1 aliphatic heterocycles. The Kier molecular flexibility index (Phi) is 5.16. The van der Waals surface area contributed by atoms with E-state index < -0.39 is 0 Å². The Bertz CT molecular complexity index is 700. The summed E-state index contributed by atoms with van der Waals surface area (Å²) in [7, 11) is 0. The second-order valence-electron chi connectivity index (χ2n) is 6.53. The van der Waals surface area contributed by atoms with Gasteiger partial charge in [-0.1, -0.05) is 30.3 Å². The van der Waals surface area contributed by atoms with E-state index in [1.165, 1.54) is 5.56 Å². The van der Waals surface area contributed by atoms with E-state index in [1.807, 2.05) is 13.0 Å². The largest absolute Gasteiger partial charge is 0.508 e. The minimum absolute atomic E-state index is 0.0564. The fourth-order valence-corrected chi connectivity index (χ4v) is 3.32. The Labute approximate surface area is 143 Å². The average Bonchev–Trinajstić information content (AvgIpc) is 2.56. The summed E-state index contributed by atoms with van der Waals surface area (Å²) in [5.41, 5.74) is 2.73. The molecule has 0 unspecified atom stereocenters. The Morgan fingerprint density at radius 1 is 1.25 bits per heavy atom. The second kappa shape index (κ2) is 7.49. The summed E-state index contributed by atoms with van der Waals surface area (Å²) in [5, 5.41) is 12.6. The van der Waals surface area contributed by atoms with Gasteiger partial charge in [-0.15, -0.1) is 0 Å². The molecular formula is C20H24N2O2. The molecule has 1 aliphatic rings. The topological polar surface area (TPSA) is 52.6 Å². The lowest BCUT2D eigenvalue weighted by Crippen LogP contribution is -2.47. The molecule has 0 radical (unpaired) electrons. The second-order valence-corrected chi connectivity index (χ2v) is 6.53. The van der Waals surface area contributed by atoms with Crippen molar-refractivity contribution in [2.75, 3.05) is 13.1 Å². The predicted molar refractivity (Wildman–Crippen MR) is 95.1 cm³/mol. The molecule has 126 valence electrons. The first kappa shape index (κ1) is 16.5. The van der Waals surface area contributed by atoms with Crippen molar-refractivity contribution in [3.8, 4) is 5.75 Å². The molecule has 1 amide bonds. The van der Waals surface area contributed by atoms with E-state index in [4.69, 9.17) is 0 Å². The summed E-state index contributed by atoms with van der Waals surface area (Å²) in [6.07, 6.45) is 2.10. The molecule has 1 fully saturated rings. The number of likely N-dealkylation sites (tertiary alicyclic amines) is 1. The first-order valence-electron chi connectivity index (χ1n) is 8.48. The van der Waals surface area contributed by atoms with Gasteiger partial charge in [-0.05, 0) is 55.6 Å². The van der Waals surface area contributed by atoms with Crippen LogP contribution in [-0.4, -0.2) is 35.0 Å². The quantitative estimate of drug-likeness (QED) is 0.909. The number of aromatic hydroxyl groups is 1. The lowest BCUT2D eigenvalue weighted by Gasteiger charge is -2.33. The van der Waals surface area contributed by atoms with E-state index in [2.05, 4.69) is 34.5 Å². The summed E-state index contributed by atoms with van der Waals surface area (Å²) in [6, 6.07) is 15.5. The van der Waals surface area contributed by atoms with Crippen LogP contribution in [0.4, 0.5) is 0 Å². The molecule has 2 aromatic rings. The van der Waals surface area contributed by atoms with E-state index in [1.54, 1.807) is 18.2 Å². The highest BCUT2D eigenvalue weighted by atomic mass is 16.3. The van der Waals surface area contributed by atoms with Crippen LogP contribution in [0.1, 0.15) is 34.3 Å². The zero-order chi connectivity index (χ0) is 16.9. The minimum Gasteiger partial charge on any atom is -0.508 e. The molecule has 24 heavy (non-hydrogen) atoms. The highest BCUT2D eigenvalue weighted by molar-refractivity contribution is 5.96. The van der Waals surface area contributed by atoms with Gasteiger partial charge < -0.3 is 10.4 Å². The van der Waals surface area contributed by atoms with Crippen molar-refractivity contribution in [2.24, 2.45) is 0 Å². The smallest absolute Gasteiger partial charge is 0.251 e. The molecule has 2 N–H and O–H groups in total. The van der Waals surface area contributed by atoms with E-state index in [9.17, 15) is 9.90 Å². The molecule has 3 rings (SSSR count). The Balaban J connectivity index is 1.59. The van der Waals surface area contributed by atoms with Gasteiger partial charge in [0.2, 0.25) is 0 Å². The number of phenols is 1.